The molecule has 4 unspecified atom stereocenters. The van der Waals surface area contributed by atoms with Crippen molar-refractivity contribution in [1.29, 1.82) is 0 Å². The molecule has 3 amide bonds. The largest absolute Gasteiger partial charge is 0.480 e. The molecular formula is C24H38N4O5S2. The molecule has 0 aliphatic rings. The molecule has 9 nitrogen and oxygen atoms in total. The van der Waals surface area contributed by atoms with Crippen LogP contribution >= 0.6 is 23.5 Å². The van der Waals surface area contributed by atoms with Crippen LogP contribution in [0.1, 0.15) is 32.3 Å². The van der Waals surface area contributed by atoms with E-state index in [1.54, 1.807) is 0 Å². The summed E-state index contributed by atoms with van der Waals surface area (Å²) in [4.78, 5) is 50.5. The second-order valence-electron chi connectivity index (χ2n) is 8.54. The van der Waals surface area contributed by atoms with Crippen LogP contribution in [0.4, 0.5) is 0 Å². The molecule has 0 saturated carbocycles. The summed E-state index contributed by atoms with van der Waals surface area (Å²) in [6.45, 7) is 3.63. The van der Waals surface area contributed by atoms with Crippen LogP contribution in [0.3, 0.4) is 0 Å². The van der Waals surface area contributed by atoms with Crippen LogP contribution < -0.4 is 21.7 Å². The molecule has 0 heterocycles. The second kappa shape index (κ2) is 16.4. The molecule has 0 fully saturated rings. The monoisotopic (exact) mass is 526 g/mol. The number of amides is 3. The quantitative estimate of drug-likeness (QED) is 0.216. The lowest BCUT2D eigenvalue weighted by molar-refractivity contribution is -0.142. The number of hydrogen-bond acceptors (Lipinski definition) is 7. The summed E-state index contributed by atoms with van der Waals surface area (Å²) >= 11 is 3.01. The van der Waals surface area contributed by atoms with Crippen LogP contribution in [0.25, 0.3) is 0 Å². The predicted molar refractivity (Wildman–Crippen MR) is 142 cm³/mol. The first kappa shape index (κ1) is 30.8. The number of carboxylic acid groups (broad SMARTS) is 1. The predicted octanol–water partition coefficient (Wildman–Crippen LogP) is 1.26. The van der Waals surface area contributed by atoms with E-state index in [2.05, 4.69) is 16.0 Å². The van der Waals surface area contributed by atoms with Crippen LogP contribution in [0.2, 0.25) is 0 Å². The van der Waals surface area contributed by atoms with Crippen molar-refractivity contribution in [3.63, 3.8) is 0 Å². The third-order valence-corrected chi connectivity index (χ3v) is 6.69. The van der Waals surface area contributed by atoms with Gasteiger partial charge in [0.1, 0.15) is 18.1 Å². The maximum atomic E-state index is 13.2. The molecule has 1 rings (SSSR count). The average Bonchev–Trinajstić information content (AvgIpc) is 2.83. The third-order valence-electron chi connectivity index (χ3n) is 5.41. The van der Waals surface area contributed by atoms with Gasteiger partial charge in [-0.2, -0.15) is 23.5 Å². The van der Waals surface area contributed by atoms with Gasteiger partial charge >= 0.3 is 5.97 Å². The molecule has 0 aliphatic carbocycles. The fourth-order valence-electron chi connectivity index (χ4n) is 3.17. The number of hydrogen-bond donors (Lipinski definition) is 5. The highest BCUT2D eigenvalue weighted by Gasteiger charge is 2.30. The first-order valence-electron chi connectivity index (χ1n) is 11.5. The Bertz CT molecular complexity index is 825. The lowest BCUT2D eigenvalue weighted by atomic mass is 10.0. The number of thioether (sulfide) groups is 2. The number of rotatable bonds is 16. The number of carboxylic acids is 1. The second-order valence-corrected chi connectivity index (χ2v) is 10.5. The molecule has 4 atom stereocenters. The summed E-state index contributed by atoms with van der Waals surface area (Å²) < 4.78 is 0. The van der Waals surface area contributed by atoms with E-state index in [0.29, 0.717) is 17.9 Å². The van der Waals surface area contributed by atoms with Gasteiger partial charge in [-0.15, -0.1) is 0 Å². The first-order valence-corrected chi connectivity index (χ1v) is 14.3. The molecule has 0 spiro atoms. The summed E-state index contributed by atoms with van der Waals surface area (Å²) in [5.74, 6) is -1.62. The van der Waals surface area contributed by atoms with E-state index in [1.807, 2.05) is 56.7 Å². The fraction of sp³-hybridized carbons (Fsp3) is 0.583. The van der Waals surface area contributed by atoms with Crippen LogP contribution in [-0.4, -0.2) is 77.0 Å². The van der Waals surface area contributed by atoms with Gasteiger partial charge in [-0.25, -0.2) is 4.79 Å². The summed E-state index contributed by atoms with van der Waals surface area (Å²) in [7, 11) is 0. The van der Waals surface area contributed by atoms with E-state index < -0.39 is 47.9 Å². The lowest BCUT2D eigenvalue weighted by Crippen LogP contribution is -2.58. The molecule has 0 radical (unpaired) electrons. The molecule has 196 valence electrons. The van der Waals surface area contributed by atoms with Crippen molar-refractivity contribution in [3.8, 4) is 0 Å². The van der Waals surface area contributed by atoms with Crippen molar-refractivity contribution in [2.75, 3.05) is 24.0 Å². The van der Waals surface area contributed by atoms with Crippen molar-refractivity contribution >= 4 is 47.2 Å². The topological polar surface area (TPSA) is 151 Å². The van der Waals surface area contributed by atoms with Crippen LogP contribution in [0, 0.1) is 5.92 Å². The van der Waals surface area contributed by atoms with Crippen molar-refractivity contribution < 1.29 is 24.3 Å². The van der Waals surface area contributed by atoms with E-state index in [9.17, 15) is 24.3 Å². The van der Waals surface area contributed by atoms with E-state index in [0.717, 1.165) is 5.56 Å². The minimum atomic E-state index is -1.13. The Hall–Kier alpha value is -2.24. The Morgan fingerprint density at radius 3 is 1.83 bits per heavy atom. The van der Waals surface area contributed by atoms with Gasteiger partial charge in [0.15, 0.2) is 0 Å². The molecule has 0 saturated heterocycles. The Morgan fingerprint density at radius 2 is 1.31 bits per heavy atom. The highest BCUT2D eigenvalue weighted by Crippen LogP contribution is 2.09. The summed E-state index contributed by atoms with van der Waals surface area (Å²) in [6, 6.07) is 5.39. The van der Waals surface area contributed by atoms with E-state index in [4.69, 9.17) is 5.73 Å². The van der Waals surface area contributed by atoms with Crippen LogP contribution in [0.5, 0.6) is 0 Å². The van der Waals surface area contributed by atoms with Gasteiger partial charge in [0, 0.05) is 6.42 Å². The van der Waals surface area contributed by atoms with Crippen molar-refractivity contribution in [3.05, 3.63) is 35.9 Å². The highest BCUT2D eigenvalue weighted by atomic mass is 32.2. The van der Waals surface area contributed by atoms with Crippen molar-refractivity contribution in [2.24, 2.45) is 11.7 Å². The number of carbonyl (C=O) groups is 4. The molecule has 0 bridgehead atoms. The Balaban J connectivity index is 3.08. The first-order chi connectivity index (χ1) is 16.6. The maximum Gasteiger partial charge on any atom is 0.326 e. The smallest absolute Gasteiger partial charge is 0.326 e. The van der Waals surface area contributed by atoms with Gasteiger partial charge in [0.25, 0.3) is 0 Å². The van der Waals surface area contributed by atoms with Gasteiger partial charge in [0.2, 0.25) is 17.7 Å². The number of nitrogens with two attached hydrogens (primary N) is 1. The van der Waals surface area contributed by atoms with Gasteiger partial charge in [0.05, 0.1) is 6.04 Å². The minimum Gasteiger partial charge on any atom is -0.480 e. The molecule has 1 aromatic carbocycles. The van der Waals surface area contributed by atoms with E-state index >= 15 is 0 Å². The average molecular weight is 527 g/mol. The summed E-state index contributed by atoms with van der Waals surface area (Å²) in [5.41, 5.74) is 6.74. The molecule has 0 aromatic heterocycles. The lowest BCUT2D eigenvalue weighted by Gasteiger charge is -2.26. The van der Waals surface area contributed by atoms with Crippen LogP contribution in [0.15, 0.2) is 30.3 Å². The third kappa shape index (κ3) is 11.4. The zero-order valence-electron chi connectivity index (χ0n) is 20.8. The zero-order valence-corrected chi connectivity index (χ0v) is 22.4. The fourth-order valence-corrected chi connectivity index (χ4v) is 4.11. The summed E-state index contributed by atoms with van der Waals surface area (Å²) in [6.07, 6.45) is 4.53. The molecule has 11 heteroatoms. The molecule has 0 aliphatic heterocycles. The van der Waals surface area contributed by atoms with Gasteiger partial charge in [-0.05, 0) is 48.3 Å². The molecule has 1 aromatic rings. The molecule has 35 heavy (non-hydrogen) atoms. The highest BCUT2D eigenvalue weighted by molar-refractivity contribution is 7.98. The van der Waals surface area contributed by atoms with Crippen molar-refractivity contribution in [2.45, 2.75) is 57.3 Å². The van der Waals surface area contributed by atoms with Gasteiger partial charge in [-0.1, -0.05) is 44.2 Å². The molecule has 6 N–H and O–H groups in total. The van der Waals surface area contributed by atoms with Gasteiger partial charge in [-0.3, -0.25) is 14.4 Å². The number of carbonyl (C=O) groups excluding carboxylic acids is 3. The minimum absolute atomic E-state index is 0.106. The Labute approximate surface area is 216 Å². The SMILES string of the molecule is CSCCC(NC(=O)C(Cc1ccccc1)NC(=O)C(CCSC)NC(=O)C(N)C(C)C)C(=O)O. The standard InChI is InChI=1S/C24H38N4O5S2/c1-15(2)20(25)23(31)26-17(10-12-34-3)21(29)28-19(14-16-8-6-5-7-9-16)22(30)27-18(24(32)33)11-13-35-4/h5-9,15,17-20H,10-14,25H2,1-4H3,(H,26,31)(H,27,30)(H,28,29)(H,32,33). The van der Waals surface area contributed by atoms with E-state index in [-0.39, 0.29) is 18.8 Å². The van der Waals surface area contributed by atoms with Gasteiger partial charge < -0.3 is 26.8 Å². The summed E-state index contributed by atoms with van der Waals surface area (Å²) in [5, 5.41) is 17.5. The maximum absolute atomic E-state index is 13.2. The van der Waals surface area contributed by atoms with Crippen LogP contribution in [-0.2, 0) is 25.6 Å². The number of aliphatic carboxylic acids is 1. The normalized spacial score (nSPS) is 14.5. The molecular weight excluding hydrogens is 488 g/mol. The number of benzene rings is 1. The Kier molecular flexibility index (Phi) is 14.5. The van der Waals surface area contributed by atoms with Crippen molar-refractivity contribution in [1.82, 2.24) is 16.0 Å². The van der Waals surface area contributed by atoms with E-state index in [1.165, 1.54) is 23.5 Å². The Morgan fingerprint density at radius 1 is 0.829 bits per heavy atom. The number of nitrogens with one attached hydrogen (secondary N) is 3. The zero-order chi connectivity index (χ0) is 26.4.